The number of anilines is 1. The van der Waals surface area contributed by atoms with Crippen LogP contribution in [0.3, 0.4) is 0 Å². The van der Waals surface area contributed by atoms with Gasteiger partial charge in [-0.1, -0.05) is 13.3 Å². The molecule has 3 aliphatic rings. The molecule has 0 saturated carbocycles. The Morgan fingerprint density at radius 1 is 1.29 bits per heavy atom. The fourth-order valence-electron chi connectivity index (χ4n) is 4.21. The van der Waals surface area contributed by atoms with Gasteiger partial charge in [-0.15, -0.1) is 11.3 Å². The number of hydrogen-bond acceptors (Lipinski definition) is 7. The van der Waals surface area contributed by atoms with Gasteiger partial charge in [0, 0.05) is 4.88 Å². The van der Waals surface area contributed by atoms with Crippen LogP contribution in [0.25, 0.3) is 0 Å². The van der Waals surface area contributed by atoms with Crippen molar-refractivity contribution in [2.45, 2.75) is 38.8 Å². The van der Waals surface area contributed by atoms with Gasteiger partial charge in [-0.25, -0.2) is 0 Å². The van der Waals surface area contributed by atoms with Crippen LogP contribution in [-0.4, -0.2) is 17.6 Å². The molecule has 8 nitrogen and oxygen atoms in total. The number of ether oxygens (including phenoxy) is 2. The van der Waals surface area contributed by atoms with Crippen LogP contribution in [0.15, 0.2) is 12.1 Å². The van der Waals surface area contributed by atoms with E-state index in [9.17, 15) is 14.9 Å². The SMILES string of the molecule is CC[C@H]1CCc2c(sc3c2C(=O)N[C@@H](c2cc4c(cc2[N+](=O)[O-])OCO4)N3)C1. The summed E-state index contributed by atoms with van der Waals surface area (Å²) in [6.45, 7) is 2.23. The smallest absolute Gasteiger partial charge is 0.280 e. The molecular formula is C19H19N3O5S. The topological polar surface area (TPSA) is 103 Å². The summed E-state index contributed by atoms with van der Waals surface area (Å²) in [7, 11) is 0. The average Bonchev–Trinajstić information content (AvgIpc) is 3.29. The summed E-state index contributed by atoms with van der Waals surface area (Å²) in [6, 6.07) is 2.93. The molecule has 2 aromatic rings. The van der Waals surface area contributed by atoms with Gasteiger partial charge in [-0.05, 0) is 36.8 Å². The zero-order chi connectivity index (χ0) is 19.4. The first-order valence-electron chi connectivity index (χ1n) is 9.35. The minimum atomic E-state index is -0.697. The Morgan fingerprint density at radius 2 is 2.07 bits per heavy atom. The van der Waals surface area contributed by atoms with E-state index >= 15 is 0 Å². The van der Waals surface area contributed by atoms with Crippen molar-refractivity contribution in [1.29, 1.82) is 0 Å². The van der Waals surface area contributed by atoms with Gasteiger partial charge in [0.25, 0.3) is 11.6 Å². The van der Waals surface area contributed by atoms with Gasteiger partial charge < -0.3 is 20.1 Å². The number of nitro benzene ring substituents is 1. The van der Waals surface area contributed by atoms with E-state index in [2.05, 4.69) is 17.6 Å². The Bertz CT molecular complexity index is 1000. The van der Waals surface area contributed by atoms with E-state index < -0.39 is 11.1 Å². The van der Waals surface area contributed by atoms with Crippen LogP contribution in [0.4, 0.5) is 10.7 Å². The number of nitrogens with one attached hydrogen (secondary N) is 2. The summed E-state index contributed by atoms with van der Waals surface area (Å²) < 4.78 is 10.6. The maximum absolute atomic E-state index is 12.9. The molecular weight excluding hydrogens is 382 g/mol. The molecule has 2 N–H and O–H groups in total. The van der Waals surface area contributed by atoms with Crippen molar-refractivity contribution >= 4 is 27.9 Å². The maximum Gasteiger partial charge on any atom is 0.280 e. The lowest BCUT2D eigenvalue weighted by Gasteiger charge is -2.27. The number of thiophene rings is 1. The second-order valence-electron chi connectivity index (χ2n) is 7.30. The number of nitro groups is 1. The van der Waals surface area contributed by atoms with E-state index in [0.717, 1.165) is 36.2 Å². The van der Waals surface area contributed by atoms with E-state index in [-0.39, 0.29) is 18.4 Å². The number of benzene rings is 1. The Balaban J connectivity index is 1.53. The number of nitrogens with zero attached hydrogens (tertiary/aromatic N) is 1. The summed E-state index contributed by atoms with van der Waals surface area (Å²) in [5, 5.41) is 18.6. The number of carbonyl (C=O) groups excluding carboxylic acids is 1. The first-order chi connectivity index (χ1) is 13.5. The van der Waals surface area contributed by atoms with Crippen LogP contribution in [0.2, 0.25) is 0 Å². The molecule has 0 bridgehead atoms. The van der Waals surface area contributed by atoms with Crippen molar-refractivity contribution in [3.05, 3.63) is 43.8 Å². The molecule has 9 heteroatoms. The molecule has 0 radical (unpaired) electrons. The zero-order valence-corrected chi connectivity index (χ0v) is 16.1. The number of rotatable bonds is 3. The van der Waals surface area contributed by atoms with Crippen LogP contribution < -0.4 is 20.1 Å². The van der Waals surface area contributed by atoms with Gasteiger partial charge in [0.2, 0.25) is 6.79 Å². The standard InChI is InChI=1S/C19H19N3O5S/c1-2-9-3-4-10-15(5-9)28-19-16(10)18(23)20-17(21-19)11-6-13-14(27-8-26-13)7-12(11)22(24)25/h6-7,9,17,21H,2-5,8H2,1H3,(H,20,23)/t9-,17+/m0/s1. The monoisotopic (exact) mass is 401 g/mol. The third kappa shape index (κ3) is 2.61. The zero-order valence-electron chi connectivity index (χ0n) is 15.2. The highest BCUT2D eigenvalue weighted by Crippen LogP contribution is 2.45. The summed E-state index contributed by atoms with van der Waals surface area (Å²) in [5.41, 5.74) is 2.08. The molecule has 5 rings (SSSR count). The first-order valence-corrected chi connectivity index (χ1v) is 10.2. The minimum absolute atomic E-state index is 0.0286. The molecule has 0 saturated heterocycles. The summed E-state index contributed by atoms with van der Waals surface area (Å²) in [6.07, 6.45) is 3.43. The molecule has 1 aromatic heterocycles. The first kappa shape index (κ1) is 17.3. The fraction of sp³-hybridized carbons (Fsp3) is 0.421. The summed E-state index contributed by atoms with van der Waals surface area (Å²) in [5.74, 6) is 1.26. The highest BCUT2D eigenvalue weighted by molar-refractivity contribution is 7.16. The average molecular weight is 401 g/mol. The maximum atomic E-state index is 12.9. The molecule has 1 amide bonds. The molecule has 2 aliphatic heterocycles. The van der Waals surface area contributed by atoms with Gasteiger partial charge in [-0.3, -0.25) is 14.9 Å². The van der Waals surface area contributed by atoms with Crippen molar-refractivity contribution in [3.63, 3.8) is 0 Å². The van der Waals surface area contributed by atoms with Crippen molar-refractivity contribution in [1.82, 2.24) is 5.32 Å². The largest absolute Gasteiger partial charge is 0.454 e. The molecule has 1 aliphatic carbocycles. The molecule has 28 heavy (non-hydrogen) atoms. The minimum Gasteiger partial charge on any atom is -0.454 e. The number of fused-ring (bicyclic) bond motifs is 4. The predicted octanol–water partition coefficient (Wildman–Crippen LogP) is 3.75. The lowest BCUT2D eigenvalue weighted by atomic mass is 9.85. The Morgan fingerprint density at radius 3 is 2.82 bits per heavy atom. The van der Waals surface area contributed by atoms with Crippen LogP contribution >= 0.6 is 11.3 Å². The van der Waals surface area contributed by atoms with Gasteiger partial charge in [-0.2, -0.15) is 0 Å². The van der Waals surface area contributed by atoms with Crippen LogP contribution in [-0.2, 0) is 12.8 Å². The second kappa shape index (κ2) is 6.37. The molecule has 146 valence electrons. The molecule has 3 heterocycles. The van der Waals surface area contributed by atoms with E-state index in [1.165, 1.54) is 10.9 Å². The van der Waals surface area contributed by atoms with E-state index in [0.29, 0.717) is 28.5 Å². The van der Waals surface area contributed by atoms with Crippen molar-refractivity contribution in [2.75, 3.05) is 12.1 Å². The Kier molecular flexibility index (Phi) is 3.94. The molecule has 2 atom stereocenters. The molecule has 0 fully saturated rings. The summed E-state index contributed by atoms with van der Waals surface area (Å²) in [4.78, 5) is 25.3. The number of carbonyl (C=O) groups is 1. The predicted molar refractivity (Wildman–Crippen MR) is 103 cm³/mol. The van der Waals surface area contributed by atoms with E-state index in [1.807, 2.05) is 0 Å². The normalized spacial score (nSPS) is 22.1. The van der Waals surface area contributed by atoms with Crippen molar-refractivity contribution in [2.24, 2.45) is 5.92 Å². The highest BCUT2D eigenvalue weighted by Gasteiger charge is 2.36. The van der Waals surface area contributed by atoms with Crippen molar-refractivity contribution in [3.8, 4) is 11.5 Å². The van der Waals surface area contributed by atoms with Gasteiger partial charge in [0.05, 0.1) is 22.1 Å². The molecule has 0 unspecified atom stereocenters. The fourth-order valence-corrected chi connectivity index (χ4v) is 5.59. The van der Waals surface area contributed by atoms with Crippen molar-refractivity contribution < 1.29 is 19.2 Å². The molecule has 1 aromatic carbocycles. The third-order valence-corrected chi connectivity index (χ3v) is 6.94. The second-order valence-corrected chi connectivity index (χ2v) is 8.40. The lowest BCUT2D eigenvalue weighted by molar-refractivity contribution is -0.385. The third-order valence-electron chi connectivity index (χ3n) is 5.75. The lowest BCUT2D eigenvalue weighted by Crippen LogP contribution is -2.38. The quantitative estimate of drug-likeness (QED) is 0.600. The molecule has 0 spiro atoms. The van der Waals surface area contributed by atoms with Gasteiger partial charge in [0.15, 0.2) is 11.5 Å². The van der Waals surface area contributed by atoms with Crippen LogP contribution in [0.1, 0.15) is 52.3 Å². The Labute approximate surface area is 165 Å². The van der Waals surface area contributed by atoms with Gasteiger partial charge >= 0.3 is 0 Å². The van der Waals surface area contributed by atoms with Crippen LogP contribution in [0, 0.1) is 16.0 Å². The van der Waals surface area contributed by atoms with E-state index in [1.54, 1.807) is 17.4 Å². The Hall–Kier alpha value is -2.81. The van der Waals surface area contributed by atoms with E-state index in [4.69, 9.17) is 9.47 Å². The number of hydrogen-bond donors (Lipinski definition) is 2. The number of amides is 1. The summed E-state index contributed by atoms with van der Waals surface area (Å²) >= 11 is 1.60. The van der Waals surface area contributed by atoms with Crippen LogP contribution in [0.5, 0.6) is 11.5 Å². The van der Waals surface area contributed by atoms with Gasteiger partial charge in [0.1, 0.15) is 11.2 Å². The highest BCUT2D eigenvalue weighted by atomic mass is 32.1.